The Hall–Kier alpha value is -2.73. The molecule has 0 bridgehead atoms. The first-order valence-electron chi connectivity index (χ1n) is 9.38. The summed E-state index contributed by atoms with van der Waals surface area (Å²) in [5.41, 5.74) is 2.84. The van der Waals surface area contributed by atoms with E-state index in [4.69, 9.17) is 9.47 Å². The van der Waals surface area contributed by atoms with Crippen LogP contribution >= 0.6 is 0 Å². The summed E-state index contributed by atoms with van der Waals surface area (Å²) in [4.78, 5) is 14.7. The standard InChI is InChI=1S/C21H24N2O4/c24-14-17-5-2-1-4-16(17)13-22-21(25)23-9-3-6-18(23)15-7-8-19-20(12-15)27-11-10-26-19/h1-2,4-5,7-8,12,18,24H,3,6,9-11,13-14H2,(H,22,25). The summed E-state index contributed by atoms with van der Waals surface area (Å²) in [5, 5.41) is 12.4. The fourth-order valence-electron chi connectivity index (χ4n) is 3.78. The third kappa shape index (κ3) is 3.71. The van der Waals surface area contributed by atoms with E-state index in [9.17, 15) is 9.90 Å². The highest BCUT2D eigenvalue weighted by Crippen LogP contribution is 2.38. The molecule has 2 aromatic carbocycles. The molecule has 4 rings (SSSR count). The van der Waals surface area contributed by atoms with Gasteiger partial charge in [0.15, 0.2) is 11.5 Å². The van der Waals surface area contributed by atoms with Crippen LogP contribution in [0.5, 0.6) is 11.5 Å². The normalized spacial score (nSPS) is 18.4. The Morgan fingerprint density at radius 2 is 1.89 bits per heavy atom. The predicted molar refractivity (Wildman–Crippen MR) is 101 cm³/mol. The second-order valence-corrected chi connectivity index (χ2v) is 6.84. The summed E-state index contributed by atoms with van der Waals surface area (Å²) < 4.78 is 11.3. The number of urea groups is 1. The quantitative estimate of drug-likeness (QED) is 0.870. The molecule has 2 amide bonds. The van der Waals surface area contributed by atoms with Gasteiger partial charge in [-0.05, 0) is 41.7 Å². The number of aliphatic hydroxyl groups is 1. The van der Waals surface area contributed by atoms with Crippen molar-refractivity contribution in [1.29, 1.82) is 0 Å². The molecule has 2 N–H and O–H groups in total. The molecule has 1 atom stereocenters. The van der Waals surface area contributed by atoms with E-state index in [1.807, 2.05) is 47.4 Å². The average molecular weight is 368 g/mol. The van der Waals surface area contributed by atoms with Crippen molar-refractivity contribution >= 4 is 6.03 Å². The van der Waals surface area contributed by atoms with E-state index in [1.54, 1.807) is 0 Å². The summed E-state index contributed by atoms with van der Waals surface area (Å²) in [7, 11) is 0. The summed E-state index contributed by atoms with van der Waals surface area (Å²) in [5.74, 6) is 1.52. The minimum atomic E-state index is -0.0832. The molecule has 0 aromatic heterocycles. The highest BCUT2D eigenvalue weighted by atomic mass is 16.6. The van der Waals surface area contributed by atoms with Crippen LogP contribution in [-0.2, 0) is 13.2 Å². The number of hydrogen-bond acceptors (Lipinski definition) is 4. The van der Waals surface area contributed by atoms with Crippen molar-refractivity contribution in [2.45, 2.75) is 32.0 Å². The molecule has 2 aromatic rings. The highest BCUT2D eigenvalue weighted by molar-refractivity contribution is 5.75. The van der Waals surface area contributed by atoms with Crippen LogP contribution in [0, 0.1) is 0 Å². The van der Waals surface area contributed by atoms with E-state index >= 15 is 0 Å². The number of carbonyl (C=O) groups is 1. The highest BCUT2D eigenvalue weighted by Gasteiger charge is 2.30. The van der Waals surface area contributed by atoms with Crippen LogP contribution in [0.4, 0.5) is 4.79 Å². The molecule has 0 saturated carbocycles. The Labute approximate surface area is 158 Å². The van der Waals surface area contributed by atoms with Crippen molar-refractivity contribution in [3.05, 3.63) is 59.2 Å². The fourth-order valence-corrected chi connectivity index (χ4v) is 3.78. The number of aliphatic hydroxyl groups excluding tert-OH is 1. The molecule has 142 valence electrons. The van der Waals surface area contributed by atoms with E-state index in [-0.39, 0.29) is 18.7 Å². The second-order valence-electron chi connectivity index (χ2n) is 6.84. The van der Waals surface area contributed by atoms with Crippen LogP contribution in [-0.4, -0.2) is 35.8 Å². The number of rotatable bonds is 4. The smallest absolute Gasteiger partial charge is 0.318 e. The molecule has 2 heterocycles. The Morgan fingerprint density at radius 1 is 1.11 bits per heavy atom. The van der Waals surface area contributed by atoms with Gasteiger partial charge < -0.3 is 24.8 Å². The molecule has 6 nitrogen and oxygen atoms in total. The molecule has 6 heteroatoms. The van der Waals surface area contributed by atoms with Gasteiger partial charge in [-0.2, -0.15) is 0 Å². The molecule has 0 spiro atoms. The lowest BCUT2D eigenvalue weighted by atomic mass is 10.0. The maximum Gasteiger partial charge on any atom is 0.318 e. The Morgan fingerprint density at radius 3 is 2.70 bits per heavy atom. The molecular weight excluding hydrogens is 344 g/mol. The predicted octanol–water partition coefficient (Wildman–Crippen LogP) is 3.00. The molecule has 1 fully saturated rings. The van der Waals surface area contributed by atoms with Gasteiger partial charge in [-0.25, -0.2) is 4.79 Å². The number of nitrogens with one attached hydrogen (secondary N) is 1. The molecule has 0 radical (unpaired) electrons. The van der Waals surface area contributed by atoms with Crippen LogP contribution in [0.25, 0.3) is 0 Å². The number of hydrogen-bond donors (Lipinski definition) is 2. The van der Waals surface area contributed by atoms with Gasteiger partial charge in [-0.1, -0.05) is 30.3 Å². The Kier molecular flexibility index (Phi) is 5.16. The van der Waals surface area contributed by atoms with Crippen LogP contribution in [0.3, 0.4) is 0 Å². The molecule has 2 aliphatic rings. The van der Waals surface area contributed by atoms with Gasteiger partial charge in [0.05, 0.1) is 12.6 Å². The van der Waals surface area contributed by atoms with Gasteiger partial charge in [0, 0.05) is 13.1 Å². The lowest BCUT2D eigenvalue weighted by molar-refractivity contribution is 0.170. The van der Waals surface area contributed by atoms with Gasteiger partial charge in [-0.15, -0.1) is 0 Å². The first-order chi connectivity index (χ1) is 13.3. The maximum atomic E-state index is 12.8. The minimum Gasteiger partial charge on any atom is -0.486 e. The second kappa shape index (κ2) is 7.88. The van der Waals surface area contributed by atoms with Crippen molar-refractivity contribution in [3.8, 4) is 11.5 Å². The largest absolute Gasteiger partial charge is 0.486 e. The summed E-state index contributed by atoms with van der Waals surface area (Å²) in [6.07, 6.45) is 1.90. The number of fused-ring (bicyclic) bond motifs is 1. The number of nitrogens with zero attached hydrogens (tertiary/aromatic N) is 1. The first-order valence-corrected chi connectivity index (χ1v) is 9.38. The number of benzene rings is 2. The molecular formula is C21H24N2O4. The van der Waals surface area contributed by atoms with Crippen molar-refractivity contribution < 1.29 is 19.4 Å². The van der Waals surface area contributed by atoms with Crippen molar-refractivity contribution in [2.75, 3.05) is 19.8 Å². The van der Waals surface area contributed by atoms with Crippen molar-refractivity contribution in [2.24, 2.45) is 0 Å². The van der Waals surface area contributed by atoms with E-state index in [0.29, 0.717) is 19.8 Å². The van der Waals surface area contributed by atoms with E-state index < -0.39 is 0 Å². The van der Waals surface area contributed by atoms with Gasteiger partial charge in [0.2, 0.25) is 0 Å². The first kappa shape index (κ1) is 17.7. The topological polar surface area (TPSA) is 71.0 Å². The van der Waals surface area contributed by atoms with Crippen molar-refractivity contribution in [3.63, 3.8) is 0 Å². The zero-order valence-corrected chi connectivity index (χ0v) is 15.2. The van der Waals surface area contributed by atoms with E-state index in [2.05, 4.69) is 5.32 Å². The minimum absolute atomic E-state index is 0.0322. The third-order valence-corrected chi connectivity index (χ3v) is 5.18. The molecule has 0 aliphatic carbocycles. The lowest BCUT2D eigenvalue weighted by Gasteiger charge is -2.27. The van der Waals surface area contributed by atoms with E-state index in [0.717, 1.165) is 47.6 Å². The lowest BCUT2D eigenvalue weighted by Crippen LogP contribution is -2.39. The zero-order chi connectivity index (χ0) is 18.6. The number of carbonyl (C=O) groups excluding carboxylic acids is 1. The number of amides is 2. The average Bonchev–Trinajstić information content (AvgIpc) is 3.22. The van der Waals surface area contributed by atoms with Gasteiger partial charge in [0.1, 0.15) is 13.2 Å². The van der Waals surface area contributed by atoms with Gasteiger partial charge >= 0.3 is 6.03 Å². The Balaban J connectivity index is 1.45. The third-order valence-electron chi connectivity index (χ3n) is 5.18. The van der Waals surface area contributed by atoms with Crippen LogP contribution in [0.15, 0.2) is 42.5 Å². The SMILES string of the molecule is O=C(NCc1ccccc1CO)N1CCCC1c1ccc2c(c1)OCCO2. The van der Waals surface area contributed by atoms with Gasteiger partial charge in [0.25, 0.3) is 0 Å². The molecule has 2 aliphatic heterocycles. The molecule has 1 saturated heterocycles. The number of ether oxygens (including phenoxy) is 2. The summed E-state index contributed by atoms with van der Waals surface area (Å²) in [6, 6.07) is 13.5. The van der Waals surface area contributed by atoms with E-state index in [1.165, 1.54) is 0 Å². The maximum absolute atomic E-state index is 12.8. The van der Waals surface area contributed by atoms with Crippen LogP contribution < -0.4 is 14.8 Å². The zero-order valence-electron chi connectivity index (χ0n) is 15.2. The Bertz CT molecular complexity index is 824. The van der Waals surface area contributed by atoms with Crippen LogP contribution in [0.2, 0.25) is 0 Å². The summed E-state index contributed by atoms with van der Waals surface area (Å²) >= 11 is 0. The van der Waals surface area contributed by atoms with Crippen LogP contribution in [0.1, 0.15) is 35.6 Å². The molecule has 1 unspecified atom stereocenters. The van der Waals surface area contributed by atoms with Crippen molar-refractivity contribution in [1.82, 2.24) is 10.2 Å². The molecule has 27 heavy (non-hydrogen) atoms. The fraction of sp³-hybridized carbons (Fsp3) is 0.381. The monoisotopic (exact) mass is 368 g/mol. The number of likely N-dealkylation sites (tertiary alicyclic amines) is 1. The summed E-state index contributed by atoms with van der Waals surface area (Å²) in [6.45, 7) is 2.22. The van der Waals surface area contributed by atoms with Gasteiger partial charge in [-0.3, -0.25) is 0 Å².